The zero-order chi connectivity index (χ0) is 11.5. The maximum Gasteiger partial charge on any atom is 0.240 e. The second kappa shape index (κ2) is 4.32. The molecule has 0 fully saturated rings. The monoisotopic (exact) mass is 218 g/mol. The second-order valence-electron chi connectivity index (χ2n) is 3.61. The van der Waals surface area contributed by atoms with Crippen molar-refractivity contribution in [2.45, 2.75) is 20.4 Å². The molecule has 2 rings (SSSR count). The van der Waals surface area contributed by atoms with Crippen molar-refractivity contribution in [2.75, 3.05) is 0 Å². The third kappa shape index (κ3) is 2.20. The number of hydrogen-bond acceptors (Lipinski definition) is 4. The van der Waals surface area contributed by atoms with Crippen LogP contribution in [0.15, 0.2) is 18.2 Å². The van der Waals surface area contributed by atoms with Crippen molar-refractivity contribution >= 4 is 0 Å². The van der Waals surface area contributed by atoms with E-state index in [4.69, 9.17) is 10.5 Å². The molecule has 0 radical (unpaired) electrons. The molecule has 2 heterocycles. The topological polar surface area (TPSA) is 76.8 Å². The van der Waals surface area contributed by atoms with Crippen LogP contribution in [0.3, 0.4) is 0 Å². The van der Waals surface area contributed by atoms with Crippen molar-refractivity contribution in [1.82, 2.24) is 15.2 Å². The summed E-state index contributed by atoms with van der Waals surface area (Å²) in [6.07, 6.45) is 0. The summed E-state index contributed by atoms with van der Waals surface area (Å²) in [4.78, 5) is 4.29. The van der Waals surface area contributed by atoms with Crippen molar-refractivity contribution in [3.8, 4) is 11.8 Å². The van der Waals surface area contributed by atoms with E-state index in [-0.39, 0.29) is 0 Å². The van der Waals surface area contributed by atoms with Gasteiger partial charge in [0.25, 0.3) is 0 Å². The van der Waals surface area contributed by atoms with Gasteiger partial charge < -0.3 is 10.5 Å². The van der Waals surface area contributed by atoms with Gasteiger partial charge in [-0.2, -0.15) is 0 Å². The van der Waals surface area contributed by atoms with E-state index in [1.54, 1.807) is 0 Å². The Labute approximate surface area is 93.7 Å². The van der Waals surface area contributed by atoms with Crippen molar-refractivity contribution in [3.05, 3.63) is 35.2 Å². The Bertz CT molecular complexity index is 492. The van der Waals surface area contributed by atoms with Gasteiger partial charge in [-0.3, -0.25) is 5.10 Å². The summed E-state index contributed by atoms with van der Waals surface area (Å²) < 4.78 is 5.57. The molecule has 0 aliphatic heterocycles. The molecular weight excluding hydrogens is 204 g/mol. The van der Waals surface area contributed by atoms with E-state index >= 15 is 0 Å². The Kier molecular flexibility index (Phi) is 2.87. The summed E-state index contributed by atoms with van der Waals surface area (Å²) in [6.45, 7) is 4.21. The molecular formula is C11H14N4O. The first-order valence-corrected chi connectivity index (χ1v) is 5.05. The van der Waals surface area contributed by atoms with Gasteiger partial charge in [-0.15, -0.1) is 5.10 Å². The number of nitrogens with two attached hydrogens (primary N) is 1. The minimum Gasteiger partial charge on any atom is -0.419 e. The summed E-state index contributed by atoms with van der Waals surface area (Å²) >= 11 is 0. The van der Waals surface area contributed by atoms with E-state index in [1.807, 2.05) is 32.0 Å². The molecule has 0 atom stereocenters. The maximum atomic E-state index is 5.61. The summed E-state index contributed by atoms with van der Waals surface area (Å²) in [6, 6.07) is 5.63. The zero-order valence-corrected chi connectivity index (χ0v) is 9.32. The Morgan fingerprint density at radius 1 is 1.38 bits per heavy atom. The lowest BCUT2D eigenvalue weighted by molar-refractivity contribution is 0.436. The number of nitrogens with one attached hydrogen (secondary N) is 1. The van der Waals surface area contributed by atoms with E-state index in [9.17, 15) is 0 Å². The Balaban J connectivity index is 2.29. The number of ether oxygens (including phenoxy) is 1. The van der Waals surface area contributed by atoms with Gasteiger partial charge in [0.15, 0.2) is 0 Å². The van der Waals surface area contributed by atoms with Crippen LogP contribution in [-0.2, 0) is 6.54 Å². The lowest BCUT2D eigenvalue weighted by Crippen LogP contribution is -2.02. The second-order valence-corrected chi connectivity index (χ2v) is 3.61. The van der Waals surface area contributed by atoms with E-state index in [2.05, 4.69) is 15.2 Å². The van der Waals surface area contributed by atoms with Crippen molar-refractivity contribution < 1.29 is 4.74 Å². The van der Waals surface area contributed by atoms with Gasteiger partial charge >= 0.3 is 0 Å². The van der Waals surface area contributed by atoms with Crippen LogP contribution in [-0.4, -0.2) is 15.2 Å². The van der Waals surface area contributed by atoms with Crippen LogP contribution >= 0.6 is 0 Å². The molecule has 5 nitrogen and oxygen atoms in total. The van der Waals surface area contributed by atoms with Crippen LogP contribution in [0.4, 0.5) is 0 Å². The number of aryl methyl sites for hydroxylation is 2. The molecule has 0 aliphatic carbocycles. The van der Waals surface area contributed by atoms with Gasteiger partial charge in [-0.25, -0.2) is 4.98 Å². The molecule has 0 spiro atoms. The smallest absolute Gasteiger partial charge is 0.240 e. The van der Waals surface area contributed by atoms with Gasteiger partial charge in [0.1, 0.15) is 0 Å². The molecule has 0 bridgehead atoms. The minimum absolute atomic E-state index is 0.395. The highest BCUT2D eigenvalue weighted by molar-refractivity contribution is 5.31. The molecule has 5 heteroatoms. The predicted molar refractivity (Wildman–Crippen MR) is 60.3 cm³/mol. The first kappa shape index (κ1) is 10.6. The number of hydrogen-bond donors (Lipinski definition) is 2. The standard InChI is InChI=1S/C11H14N4O/c1-7-3-4-9(6-12)11(13-7)16-10-5-8(2)14-15-10/h3-5H,6,12H2,1-2H3,(H,14,15). The Morgan fingerprint density at radius 2 is 2.19 bits per heavy atom. The van der Waals surface area contributed by atoms with Crippen LogP contribution in [0.25, 0.3) is 0 Å². The summed E-state index contributed by atoms with van der Waals surface area (Å²) in [5.74, 6) is 1.03. The van der Waals surface area contributed by atoms with Crippen LogP contribution in [0.5, 0.6) is 11.8 Å². The number of H-pyrrole nitrogens is 1. The lowest BCUT2D eigenvalue weighted by atomic mass is 10.2. The van der Waals surface area contributed by atoms with E-state index in [1.165, 1.54) is 0 Å². The number of pyridine rings is 1. The minimum atomic E-state index is 0.395. The maximum absolute atomic E-state index is 5.61. The zero-order valence-electron chi connectivity index (χ0n) is 9.32. The van der Waals surface area contributed by atoms with Crippen molar-refractivity contribution in [2.24, 2.45) is 5.73 Å². The SMILES string of the molecule is Cc1ccc(CN)c(Oc2cc(C)[nH]n2)n1. The molecule has 0 saturated carbocycles. The fourth-order valence-electron chi connectivity index (χ4n) is 1.35. The fourth-order valence-corrected chi connectivity index (χ4v) is 1.35. The number of rotatable bonds is 3. The fraction of sp³-hybridized carbons (Fsp3) is 0.273. The highest BCUT2D eigenvalue weighted by Gasteiger charge is 2.07. The normalized spacial score (nSPS) is 10.4. The average molecular weight is 218 g/mol. The quantitative estimate of drug-likeness (QED) is 0.821. The van der Waals surface area contributed by atoms with E-state index in [0.29, 0.717) is 18.3 Å². The first-order chi connectivity index (χ1) is 7.69. The molecule has 0 amide bonds. The molecule has 0 aromatic carbocycles. The molecule has 0 unspecified atom stereocenters. The third-order valence-electron chi connectivity index (χ3n) is 2.18. The van der Waals surface area contributed by atoms with E-state index in [0.717, 1.165) is 17.0 Å². The van der Waals surface area contributed by atoms with Crippen molar-refractivity contribution in [1.29, 1.82) is 0 Å². The molecule has 16 heavy (non-hydrogen) atoms. The van der Waals surface area contributed by atoms with Crippen molar-refractivity contribution in [3.63, 3.8) is 0 Å². The Morgan fingerprint density at radius 3 is 2.81 bits per heavy atom. The molecule has 3 N–H and O–H groups in total. The van der Waals surface area contributed by atoms with Crippen LogP contribution in [0.1, 0.15) is 17.0 Å². The molecule has 0 aliphatic rings. The molecule has 2 aromatic rings. The van der Waals surface area contributed by atoms with Gasteiger partial charge in [-0.05, 0) is 19.9 Å². The molecule has 2 aromatic heterocycles. The molecule has 0 saturated heterocycles. The predicted octanol–water partition coefficient (Wildman–Crippen LogP) is 1.67. The first-order valence-electron chi connectivity index (χ1n) is 5.05. The average Bonchev–Trinajstić information content (AvgIpc) is 2.64. The van der Waals surface area contributed by atoms with Gasteiger partial charge in [0.05, 0.1) is 0 Å². The largest absolute Gasteiger partial charge is 0.419 e. The highest BCUT2D eigenvalue weighted by atomic mass is 16.5. The highest BCUT2D eigenvalue weighted by Crippen LogP contribution is 2.22. The summed E-state index contributed by atoms with van der Waals surface area (Å²) in [5, 5.41) is 6.80. The van der Waals surface area contributed by atoms with Crippen LogP contribution < -0.4 is 10.5 Å². The third-order valence-corrected chi connectivity index (χ3v) is 2.18. The summed E-state index contributed by atoms with van der Waals surface area (Å²) in [7, 11) is 0. The van der Waals surface area contributed by atoms with Gasteiger partial charge in [0, 0.05) is 29.6 Å². The number of nitrogens with zero attached hydrogens (tertiary/aromatic N) is 2. The van der Waals surface area contributed by atoms with Gasteiger partial charge in [0.2, 0.25) is 11.8 Å². The summed E-state index contributed by atoms with van der Waals surface area (Å²) in [5.41, 5.74) is 8.31. The Hall–Kier alpha value is -1.88. The van der Waals surface area contributed by atoms with E-state index < -0.39 is 0 Å². The lowest BCUT2D eigenvalue weighted by Gasteiger charge is -2.06. The number of aromatic amines is 1. The van der Waals surface area contributed by atoms with Crippen LogP contribution in [0.2, 0.25) is 0 Å². The molecule has 84 valence electrons. The number of aromatic nitrogens is 3. The van der Waals surface area contributed by atoms with Crippen LogP contribution in [0, 0.1) is 13.8 Å². The van der Waals surface area contributed by atoms with Gasteiger partial charge in [-0.1, -0.05) is 6.07 Å².